The SMILES string of the molecule is Cc1ccnc(Oc2ccc3ccc(O)cc3c2)c1Br. The molecule has 100 valence electrons. The van der Waals surface area contributed by atoms with Crippen LogP contribution < -0.4 is 4.74 Å². The Morgan fingerprint density at radius 3 is 2.70 bits per heavy atom. The van der Waals surface area contributed by atoms with Crippen LogP contribution in [0.5, 0.6) is 17.4 Å². The number of hydrogen-bond donors (Lipinski definition) is 1. The van der Waals surface area contributed by atoms with Gasteiger partial charge >= 0.3 is 0 Å². The third kappa shape index (κ3) is 2.47. The number of aromatic nitrogens is 1. The van der Waals surface area contributed by atoms with Crippen LogP contribution in [0.2, 0.25) is 0 Å². The highest BCUT2D eigenvalue weighted by atomic mass is 79.9. The van der Waals surface area contributed by atoms with E-state index in [1.54, 1.807) is 18.3 Å². The van der Waals surface area contributed by atoms with Gasteiger partial charge in [-0.2, -0.15) is 0 Å². The summed E-state index contributed by atoms with van der Waals surface area (Å²) in [6, 6.07) is 12.9. The molecule has 0 atom stereocenters. The molecule has 3 nitrogen and oxygen atoms in total. The van der Waals surface area contributed by atoms with Gasteiger partial charge in [-0.3, -0.25) is 0 Å². The van der Waals surface area contributed by atoms with E-state index in [2.05, 4.69) is 20.9 Å². The van der Waals surface area contributed by atoms with E-state index in [0.717, 1.165) is 20.8 Å². The lowest BCUT2D eigenvalue weighted by Crippen LogP contribution is -1.90. The van der Waals surface area contributed by atoms with E-state index in [1.807, 2.05) is 37.3 Å². The van der Waals surface area contributed by atoms with Gasteiger partial charge in [-0.05, 0) is 69.5 Å². The van der Waals surface area contributed by atoms with Gasteiger partial charge in [0.2, 0.25) is 5.88 Å². The number of ether oxygens (including phenoxy) is 1. The molecule has 1 heterocycles. The number of aromatic hydroxyl groups is 1. The molecule has 0 aliphatic heterocycles. The molecule has 0 radical (unpaired) electrons. The van der Waals surface area contributed by atoms with Crippen LogP contribution in [0.1, 0.15) is 5.56 Å². The molecule has 2 aromatic carbocycles. The van der Waals surface area contributed by atoms with Crippen LogP contribution in [0.3, 0.4) is 0 Å². The second-order valence-electron chi connectivity index (χ2n) is 4.54. The Labute approximate surface area is 125 Å². The molecule has 0 amide bonds. The van der Waals surface area contributed by atoms with E-state index in [9.17, 15) is 5.11 Å². The smallest absolute Gasteiger partial charge is 0.233 e. The Balaban J connectivity index is 2.00. The first-order valence-corrected chi connectivity index (χ1v) is 6.94. The third-order valence-electron chi connectivity index (χ3n) is 3.06. The summed E-state index contributed by atoms with van der Waals surface area (Å²) in [5, 5.41) is 11.5. The maximum atomic E-state index is 9.53. The summed E-state index contributed by atoms with van der Waals surface area (Å²) in [6.07, 6.45) is 1.71. The van der Waals surface area contributed by atoms with Crippen molar-refractivity contribution in [2.75, 3.05) is 0 Å². The Morgan fingerprint density at radius 1 is 1.05 bits per heavy atom. The molecule has 0 aliphatic rings. The molecule has 0 unspecified atom stereocenters. The number of benzene rings is 2. The zero-order chi connectivity index (χ0) is 14.1. The van der Waals surface area contributed by atoms with E-state index in [-0.39, 0.29) is 5.75 Å². The van der Waals surface area contributed by atoms with E-state index < -0.39 is 0 Å². The van der Waals surface area contributed by atoms with Crippen LogP contribution in [0.15, 0.2) is 53.1 Å². The van der Waals surface area contributed by atoms with Crippen molar-refractivity contribution in [1.82, 2.24) is 4.98 Å². The van der Waals surface area contributed by atoms with Crippen molar-refractivity contribution in [2.24, 2.45) is 0 Å². The zero-order valence-corrected chi connectivity index (χ0v) is 12.4. The minimum atomic E-state index is 0.240. The van der Waals surface area contributed by atoms with Crippen LogP contribution in [0.25, 0.3) is 10.8 Å². The van der Waals surface area contributed by atoms with Crippen molar-refractivity contribution >= 4 is 26.7 Å². The van der Waals surface area contributed by atoms with Crippen LogP contribution in [0.4, 0.5) is 0 Å². The highest BCUT2D eigenvalue weighted by Gasteiger charge is 2.07. The highest BCUT2D eigenvalue weighted by Crippen LogP contribution is 2.31. The van der Waals surface area contributed by atoms with Crippen LogP contribution in [-0.4, -0.2) is 10.1 Å². The van der Waals surface area contributed by atoms with E-state index in [0.29, 0.717) is 11.6 Å². The summed E-state index contributed by atoms with van der Waals surface area (Å²) in [5.41, 5.74) is 1.06. The summed E-state index contributed by atoms with van der Waals surface area (Å²) in [4.78, 5) is 4.21. The number of fused-ring (bicyclic) bond motifs is 1. The standard InChI is InChI=1S/C16H12BrNO2/c1-10-6-7-18-16(15(10)17)20-14-5-3-11-2-4-13(19)8-12(11)9-14/h2-9,19H,1H3. The van der Waals surface area contributed by atoms with Gasteiger partial charge in [0.1, 0.15) is 11.5 Å². The summed E-state index contributed by atoms with van der Waals surface area (Å²) in [5.74, 6) is 1.45. The normalized spacial score (nSPS) is 10.7. The molecule has 0 aliphatic carbocycles. The molecule has 4 heteroatoms. The second-order valence-corrected chi connectivity index (χ2v) is 5.34. The van der Waals surface area contributed by atoms with Crippen molar-refractivity contribution in [3.8, 4) is 17.4 Å². The Bertz CT molecular complexity index is 787. The second kappa shape index (κ2) is 5.13. The van der Waals surface area contributed by atoms with Crippen molar-refractivity contribution < 1.29 is 9.84 Å². The van der Waals surface area contributed by atoms with E-state index in [4.69, 9.17) is 4.74 Å². The Kier molecular flexibility index (Phi) is 3.32. The first-order chi connectivity index (χ1) is 9.63. The maximum Gasteiger partial charge on any atom is 0.233 e. The molecule has 3 rings (SSSR count). The van der Waals surface area contributed by atoms with Gasteiger partial charge < -0.3 is 9.84 Å². The lowest BCUT2D eigenvalue weighted by Gasteiger charge is -2.09. The molecular formula is C16H12BrNO2. The van der Waals surface area contributed by atoms with Crippen molar-refractivity contribution in [2.45, 2.75) is 6.92 Å². The molecule has 0 bridgehead atoms. The van der Waals surface area contributed by atoms with Crippen molar-refractivity contribution in [1.29, 1.82) is 0 Å². The van der Waals surface area contributed by atoms with Crippen LogP contribution >= 0.6 is 15.9 Å². The van der Waals surface area contributed by atoms with Crippen LogP contribution in [-0.2, 0) is 0 Å². The van der Waals surface area contributed by atoms with Gasteiger partial charge in [0.15, 0.2) is 0 Å². The summed E-state index contributed by atoms with van der Waals surface area (Å²) in [7, 11) is 0. The minimum Gasteiger partial charge on any atom is -0.508 e. The number of hydrogen-bond acceptors (Lipinski definition) is 3. The zero-order valence-electron chi connectivity index (χ0n) is 10.8. The predicted octanol–water partition coefficient (Wildman–Crippen LogP) is 4.80. The minimum absolute atomic E-state index is 0.240. The van der Waals surface area contributed by atoms with Gasteiger partial charge in [0.05, 0.1) is 4.47 Å². The lowest BCUT2D eigenvalue weighted by molar-refractivity contribution is 0.459. The molecule has 0 spiro atoms. The first-order valence-electron chi connectivity index (χ1n) is 6.15. The molecule has 1 N–H and O–H groups in total. The molecule has 0 fully saturated rings. The molecule has 3 aromatic rings. The predicted molar refractivity (Wildman–Crippen MR) is 82.4 cm³/mol. The summed E-state index contributed by atoms with van der Waals surface area (Å²) in [6.45, 7) is 1.98. The quantitative estimate of drug-likeness (QED) is 0.734. The fourth-order valence-corrected chi connectivity index (χ4v) is 2.29. The van der Waals surface area contributed by atoms with Gasteiger partial charge in [-0.15, -0.1) is 0 Å². The number of pyridine rings is 1. The van der Waals surface area contributed by atoms with Crippen molar-refractivity contribution in [3.05, 3.63) is 58.7 Å². The number of rotatable bonds is 2. The maximum absolute atomic E-state index is 9.53. The van der Waals surface area contributed by atoms with Crippen molar-refractivity contribution in [3.63, 3.8) is 0 Å². The van der Waals surface area contributed by atoms with Crippen LogP contribution in [0, 0.1) is 6.92 Å². The van der Waals surface area contributed by atoms with E-state index in [1.165, 1.54) is 0 Å². The lowest BCUT2D eigenvalue weighted by atomic mass is 10.1. The first kappa shape index (κ1) is 12.9. The third-order valence-corrected chi connectivity index (χ3v) is 4.02. The topological polar surface area (TPSA) is 42.4 Å². The van der Waals surface area contributed by atoms with Gasteiger partial charge in [0.25, 0.3) is 0 Å². The highest BCUT2D eigenvalue weighted by molar-refractivity contribution is 9.10. The summed E-state index contributed by atoms with van der Waals surface area (Å²) >= 11 is 3.47. The van der Waals surface area contributed by atoms with Gasteiger partial charge in [-0.25, -0.2) is 4.98 Å². The monoisotopic (exact) mass is 329 g/mol. The fraction of sp³-hybridized carbons (Fsp3) is 0.0625. The average molecular weight is 330 g/mol. The fourth-order valence-electron chi connectivity index (χ4n) is 1.97. The molecule has 0 saturated heterocycles. The molecule has 1 aromatic heterocycles. The number of phenolic OH excluding ortho intramolecular Hbond substituents is 1. The van der Waals surface area contributed by atoms with Gasteiger partial charge in [-0.1, -0.05) is 12.1 Å². The number of phenols is 1. The largest absolute Gasteiger partial charge is 0.508 e. The Morgan fingerprint density at radius 2 is 1.85 bits per heavy atom. The van der Waals surface area contributed by atoms with Gasteiger partial charge in [0, 0.05) is 6.20 Å². The summed E-state index contributed by atoms with van der Waals surface area (Å²) < 4.78 is 6.64. The van der Waals surface area contributed by atoms with E-state index >= 15 is 0 Å². The number of nitrogens with zero attached hydrogens (tertiary/aromatic N) is 1. The number of halogens is 1. The molecule has 20 heavy (non-hydrogen) atoms. The molecule has 0 saturated carbocycles. The molecular weight excluding hydrogens is 318 g/mol. The average Bonchev–Trinajstić information content (AvgIpc) is 2.43. The Hall–Kier alpha value is -2.07. The number of aryl methyl sites for hydroxylation is 1.